The van der Waals surface area contributed by atoms with E-state index >= 15 is 4.39 Å². The van der Waals surface area contributed by atoms with Gasteiger partial charge in [-0.1, -0.05) is 120 Å². The molecule has 1 aliphatic heterocycles. The maximum absolute atomic E-state index is 16.3. The number of anilines is 1. The molecular formula is C39H31FIN5O6. The number of H-pyrrole nitrogens is 1. The maximum atomic E-state index is 16.3. The average molecular weight is 812 g/mol. The molecule has 3 N–H and O–H groups in total. The van der Waals surface area contributed by atoms with E-state index in [2.05, 4.69) is 21.2 Å². The summed E-state index contributed by atoms with van der Waals surface area (Å²) in [5, 5.41) is 14.9. The number of alkyl halides is 2. The largest absolute Gasteiger partial charge is 0.497 e. The topological polar surface area (TPSA) is 141 Å². The van der Waals surface area contributed by atoms with Gasteiger partial charge in [-0.15, -0.1) is 6.42 Å². The Morgan fingerprint density at radius 3 is 2.15 bits per heavy atom. The van der Waals surface area contributed by atoms with Gasteiger partial charge in [0.2, 0.25) is 11.5 Å². The van der Waals surface area contributed by atoms with Crippen molar-refractivity contribution in [2.24, 2.45) is 0 Å². The second kappa shape index (κ2) is 13.9. The van der Waals surface area contributed by atoms with E-state index in [1.807, 2.05) is 84.9 Å². The van der Waals surface area contributed by atoms with Crippen LogP contribution in [0, 0.1) is 12.3 Å². The molecule has 1 aliphatic rings. The Morgan fingerprint density at radius 1 is 1.02 bits per heavy atom. The predicted molar refractivity (Wildman–Crippen MR) is 200 cm³/mol. The number of aliphatic hydroxyl groups excluding tert-OH is 1. The molecule has 11 nitrogen and oxygen atoms in total. The van der Waals surface area contributed by atoms with Crippen molar-refractivity contribution in [1.29, 1.82) is 0 Å². The van der Waals surface area contributed by atoms with E-state index in [9.17, 15) is 14.7 Å². The molecule has 3 heterocycles. The number of aromatic nitrogens is 4. The Hall–Kier alpha value is -5.56. The molecule has 0 aliphatic carbocycles. The lowest BCUT2D eigenvalue weighted by molar-refractivity contribution is -0.167. The van der Waals surface area contributed by atoms with Gasteiger partial charge in [-0.2, -0.15) is 4.98 Å². The van der Waals surface area contributed by atoms with E-state index < -0.39 is 40.9 Å². The number of nitrogens with zero attached hydrogens (tertiary/aromatic N) is 3. The highest BCUT2D eigenvalue weighted by molar-refractivity contribution is 14.1. The second-order valence-electron chi connectivity index (χ2n) is 12.1. The Kier molecular flexibility index (Phi) is 9.30. The summed E-state index contributed by atoms with van der Waals surface area (Å²) in [5.41, 5.74) is -1.87. The molecule has 0 saturated carbocycles. The molecule has 13 heteroatoms. The first-order valence-electron chi connectivity index (χ1n) is 16.1. The number of benzene rings is 4. The minimum Gasteiger partial charge on any atom is -0.497 e. The number of nitrogens with one attached hydrogen (secondary N) is 2. The van der Waals surface area contributed by atoms with Crippen LogP contribution in [0.5, 0.6) is 5.75 Å². The average Bonchev–Trinajstić information content (AvgIpc) is 3.71. The minimum atomic E-state index is -2.75. The second-order valence-corrected chi connectivity index (χ2v) is 12.8. The lowest BCUT2D eigenvalue weighted by Gasteiger charge is -2.37. The van der Waals surface area contributed by atoms with Gasteiger partial charge in [0, 0.05) is 0 Å². The van der Waals surface area contributed by atoms with Crippen LogP contribution in [0.15, 0.2) is 126 Å². The fraction of sp³-hybridized carbons (Fsp3) is 0.179. The molecule has 0 unspecified atom stereocenters. The van der Waals surface area contributed by atoms with Crippen LogP contribution in [-0.2, 0) is 15.0 Å². The van der Waals surface area contributed by atoms with Crippen molar-refractivity contribution in [2.45, 2.75) is 29.3 Å². The minimum absolute atomic E-state index is 0.00862. The molecule has 1 fully saturated rings. The third kappa shape index (κ3) is 5.78. The summed E-state index contributed by atoms with van der Waals surface area (Å²) in [6, 6.07) is 34.6. The Labute approximate surface area is 310 Å². The number of aromatic amines is 1. The number of carbonyl (C=O) groups excluding carboxylic acids is 1. The van der Waals surface area contributed by atoms with E-state index in [1.54, 1.807) is 47.9 Å². The molecule has 0 spiro atoms. The standard InChI is InChI=1S/C39H31FIN5O6/c1-3-37(51-33(48)25-13-7-4-8-14-25)34(49)38(40,23-41)52-35(37)46-24-42-30-31(46)43-36(44-32(30)47)45-39(26-15-9-5-10-16-26,27-17-11-6-12-18-27)28-19-21-29(50-2)22-20-28/h1,4-22,24,34-35,49H,23H2,2H3,(H2,43,44,45,47)/t34-,35+,37+,38+/m0/s1. The molecule has 0 bridgehead atoms. The lowest BCUT2D eigenvalue weighted by Crippen LogP contribution is -2.52. The lowest BCUT2D eigenvalue weighted by atomic mass is 9.77. The zero-order valence-corrected chi connectivity index (χ0v) is 29.7. The number of carbonyl (C=O) groups is 1. The number of terminal acetylenes is 1. The van der Waals surface area contributed by atoms with E-state index in [0.717, 1.165) is 16.7 Å². The first-order chi connectivity index (χ1) is 25.2. The first-order valence-corrected chi connectivity index (χ1v) is 17.6. The van der Waals surface area contributed by atoms with Gasteiger partial charge < -0.3 is 24.6 Å². The molecule has 0 radical (unpaired) electrons. The normalized spacial score (nSPS) is 21.4. The van der Waals surface area contributed by atoms with Gasteiger partial charge in [0.15, 0.2) is 23.5 Å². The number of hydrogen-bond acceptors (Lipinski definition) is 9. The molecule has 52 heavy (non-hydrogen) atoms. The fourth-order valence-corrected chi connectivity index (χ4v) is 7.10. The van der Waals surface area contributed by atoms with Crippen LogP contribution in [-0.4, -0.2) is 59.7 Å². The van der Waals surface area contributed by atoms with Crippen LogP contribution < -0.4 is 15.6 Å². The summed E-state index contributed by atoms with van der Waals surface area (Å²) in [5.74, 6) is -0.704. The van der Waals surface area contributed by atoms with Crippen LogP contribution in [0.4, 0.5) is 10.3 Å². The number of methoxy groups -OCH3 is 1. The van der Waals surface area contributed by atoms with Crippen molar-refractivity contribution in [3.8, 4) is 18.1 Å². The van der Waals surface area contributed by atoms with Crippen LogP contribution >= 0.6 is 22.6 Å². The van der Waals surface area contributed by atoms with Crippen molar-refractivity contribution >= 4 is 45.7 Å². The molecule has 6 aromatic rings. The van der Waals surface area contributed by atoms with Crippen molar-refractivity contribution < 1.29 is 28.5 Å². The van der Waals surface area contributed by atoms with Gasteiger partial charge in [0.1, 0.15) is 11.3 Å². The van der Waals surface area contributed by atoms with Crippen molar-refractivity contribution in [1.82, 2.24) is 19.5 Å². The summed E-state index contributed by atoms with van der Waals surface area (Å²) in [7, 11) is 1.58. The zero-order chi connectivity index (χ0) is 36.5. The van der Waals surface area contributed by atoms with E-state index in [-0.39, 0.29) is 27.1 Å². The van der Waals surface area contributed by atoms with Crippen molar-refractivity contribution in [3.63, 3.8) is 0 Å². The van der Waals surface area contributed by atoms with Crippen LogP contribution in [0.25, 0.3) is 11.2 Å². The highest BCUT2D eigenvalue weighted by Crippen LogP contribution is 2.49. The van der Waals surface area contributed by atoms with Gasteiger partial charge >= 0.3 is 5.97 Å². The molecule has 4 atom stereocenters. The molecule has 0 amide bonds. The molecular weight excluding hydrogens is 780 g/mol. The van der Waals surface area contributed by atoms with Crippen LogP contribution in [0.3, 0.4) is 0 Å². The van der Waals surface area contributed by atoms with Gasteiger partial charge in [-0.25, -0.2) is 14.2 Å². The zero-order valence-electron chi connectivity index (χ0n) is 27.6. The summed E-state index contributed by atoms with van der Waals surface area (Å²) in [4.78, 5) is 38.9. The number of aliphatic hydroxyl groups is 1. The van der Waals surface area contributed by atoms with Crippen molar-refractivity contribution in [3.05, 3.63) is 154 Å². The van der Waals surface area contributed by atoms with Gasteiger partial charge in [-0.3, -0.25) is 14.3 Å². The number of ether oxygens (including phenoxy) is 3. The predicted octanol–water partition coefficient (Wildman–Crippen LogP) is 5.75. The fourth-order valence-electron chi connectivity index (χ4n) is 6.50. The number of hydrogen-bond donors (Lipinski definition) is 3. The van der Waals surface area contributed by atoms with Gasteiger partial charge in [-0.05, 0) is 41.0 Å². The Balaban J connectivity index is 1.40. The molecule has 1 saturated heterocycles. The summed E-state index contributed by atoms with van der Waals surface area (Å²) in [6.07, 6.45) is 3.34. The monoisotopic (exact) mass is 811 g/mol. The summed E-state index contributed by atoms with van der Waals surface area (Å²) in [6.45, 7) is 0. The highest BCUT2D eigenvalue weighted by atomic mass is 127. The summed E-state index contributed by atoms with van der Waals surface area (Å²) >= 11 is 1.71. The van der Waals surface area contributed by atoms with Gasteiger partial charge in [0.25, 0.3) is 11.4 Å². The first kappa shape index (κ1) is 34.9. The summed E-state index contributed by atoms with van der Waals surface area (Å²) < 4.78 is 34.2. The third-order valence-corrected chi connectivity index (χ3v) is 10.1. The highest BCUT2D eigenvalue weighted by Gasteiger charge is 2.67. The number of esters is 1. The Morgan fingerprint density at radius 2 is 1.60 bits per heavy atom. The number of fused-ring (bicyclic) bond motifs is 1. The van der Waals surface area contributed by atoms with Crippen LogP contribution in [0.2, 0.25) is 0 Å². The number of imidazole rings is 1. The van der Waals surface area contributed by atoms with E-state index in [0.29, 0.717) is 5.75 Å². The Bertz CT molecular complexity index is 2280. The van der Waals surface area contributed by atoms with Crippen LogP contribution in [0.1, 0.15) is 33.3 Å². The van der Waals surface area contributed by atoms with Gasteiger partial charge in [0.05, 0.1) is 23.4 Å². The van der Waals surface area contributed by atoms with Crippen molar-refractivity contribution in [2.75, 3.05) is 16.9 Å². The number of halogens is 2. The maximum Gasteiger partial charge on any atom is 0.339 e. The number of rotatable bonds is 10. The molecule has 262 valence electrons. The van der Waals surface area contributed by atoms with E-state index in [1.165, 1.54) is 23.0 Å². The third-order valence-electron chi connectivity index (χ3n) is 9.10. The quantitative estimate of drug-likeness (QED) is 0.0519. The molecule has 7 rings (SSSR count). The molecule has 2 aromatic heterocycles. The smallest absolute Gasteiger partial charge is 0.339 e. The SMILES string of the molecule is C#C[C@]1(OC(=O)c2ccccc2)[C@H](n2cnc3c(=O)[nH]c(NC(c4ccccc4)(c4ccccc4)c4ccc(OC)cc4)nc32)O[C@](F)(CI)[C@H]1O. The molecule has 4 aromatic carbocycles. The van der Waals surface area contributed by atoms with E-state index in [4.69, 9.17) is 25.6 Å².